The Hall–Kier alpha value is -0.990. The first kappa shape index (κ1) is 54.0. The summed E-state index contributed by atoms with van der Waals surface area (Å²) in [7, 11) is -4.41. The molecule has 0 aliphatic carbocycles. The van der Waals surface area contributed by atoms with Crippen LogP contribution in [-0.4, -0.2) is 54.3 Å². The quantitative estimate of drug-likeness (QED) is 0.0315. The zero-order chi connectivity index (χ0) is 40.3. The molecule has 0 aromatic carbocycles. The molecule has 0 spiro atoms. The van der Waals surface area contributed by atoms with Gasteiger partial charge in [0.05, 0.1) is 13.2 Å². The lowest BCUT2D eigenvalue weighted by Crippen LogP contribution is -2.27. The minimum atomic E-state index is -4.41. The van der Waals surface area contributed by atoms with Crippen LogP contribution in [0.1, 0.15) is 245 Å². The Kier molecular flexibility index (Phi) is 41.8. The number of ether oxygens (including phenoxy) is 1. The average molecular weight is 804 g/mol. The fraction of sp³-hybridized carbons (Fsp3) is 0.956. The number of carbonyl (C=O) groups is 2. The van der Waals surface area contributed by atoms with Gasteiger partial charge in [-0.15, -0.1) is 0 Å². The van der Waals surface area contributed by atoms with E-state index in [1.165, 1.54) is 180 Å². The highest BCUT2D eigenvalue weighted by molar-refractivity contribution is 7.47. The van der Waals surface area contributed by atoms with Crippen LogP contribution in [0.4, 0.5) is 0 Å². The van der Waals surface area contributed by atoms with Gasteiger partial charge in [-0.2, -0.15) is 0 Å². The number of phosphoric acid groups is 1. The van der Waals surface area contributed by atoms with Crippen LogP contribution in [-0.2, 0) is 27.9 Å². The van der Waals surface area contributed by atoms with Gasteiger partial charge in [0.2, 0.25) is 5.91 Å². The van der Waals surface area contributed by atoms with Gasteiger partial charge in [0, 0.05) is 19.4 Å². The maximum absolute atomic E-state index is 12.1. The third-order valence-electron chi connectivity index (χ3n) is 10.5. The second kappa shape index (κ2) is 42.6. The molecule has 2 atom stereocenters. The summed E-state index contributed by atoms with van der Waals surface area (Å²) < 4.78 is 26.9. The molecule has 0 fully saturated rings. The highest BCUT2D eigenvalue weighted by Crippen LogP contribution is 2.42. The molecule has 0 aliphatic rings. The van der Waals surface area contributed by atoms with E-state index in [2.05, 4.69) is 19.2 Å². The molecular formula is C45H90NO8P. The SMILES string of the molecule is CCCCCCCCCCCCCCCCCCCC(=O)NCCOP(=O)(O)OCC(O)COC(=O)CCCCCCCCCCCCCCCCCCC. The summed E-state index contributed by atoms with van der Waals surface area (Å²) in [6, 6.07) is 0. The van der Waals surface area contributed by atoms with Gasteiger partial charge in [-0.25, -0.2) is 4.57 Å². The molecule has 0 saturated carbocycles. The van der Waals surface area contributed by atoms with E-state index < -0.39 is 26.5 Å². The van der Waals surface area contributed by atoms with Crippen molar-refractivity contribution >= 4 is 19.7 Å². The van der Waals surface area contributed by atoms with Crippen molar-refractivity contribution in [3.8, 4) is 0 Å². The summed E-state index contributed by atoms with van der Waals surface area (Å²) in [6.45, 7) is 3.61. The Bertz CT molecular complexity index is 876. The molecule has 0 aromatic rings. The smallest absolute Gasteiger partial charge is 0.463 e. The number of phosphoric ester groups is 1. The molecule has 0 aliphatic heterocycles. The Labute approximate surface area is 339 Å². The monoisotopic (exact) mass is 804 g/mol. The topological polar surface area (TPSA) is 131 Å². The normalized spacial score (nSPS) is 13.2. The van der Waals surface area contributed by atoms with Gasteiger partial charge in [0.25, 0.3) is 0 Å². The summed E-state index contributed by atoms with van der Waals surface area (Å²) in [5, 5.41) is 12.7. The number of unbranched alkanes of at least 4 members (excludes halogenated alkanes) is 32. The van der Waals surface area contributed by atoms with Crippen molar-refractivity contribution in [2.24, 2.45) is 0 Å². The van der Waals surface area contributed by atoms with Gasteiger partial charge in [0.1, 0.15) is 12.7 Å². The summed E-state index contributed by atoms with van der Waals surface area (Å²) in [6.07, 6.45) is 43.2. The maximum atomic E-state index is 12.1. The molecule has 10 heteroatoms. The van der Waals surface area contributed by atoms with Gasteiger partial charge >= 0.3 is 13.8 Å². The number of esters is 1. The maximum Gasteiger partial charge on any atom is 0.472 e. The summed E-state index contributed by atoms with van der Waals surface area (Å²) in [5.41, 5.74) is 0. The number of aliphatic hydroxyl groups is 1. The number of hydrogen-bond donors (Lipinski definition) is 3. The van der Waals surface area contributed by atoms with Crippen molar-refractivity contribution in [3.05, 3.63) is 0 Å². The molecule has 0 bridgehead atoms. The Morgan fingerprint density at radius 3 is 1.18 bits per heavy atom. The van der Waals surface area contributed by atoms with E-state index in [1.807, 2.05) is 0 Å². The van der Waals surface area contributed by atoms with E-state index in [1.54, 1.807) is 0 Å². The lowest BCUT2D eigenvalue weighted by atomic mass is 10.0. The molecule has 9 nitrogen and oxygen atoms in total. The van der Waals surface area contributed by atoms with Crippen LogP contribution < -0.4 is 5.32 Å². The first-order chi connectivity index (χ1) is 26.8. The number of carbonyl (C=O) groups excluding carboxylic acids is 2. The first-order valence-corrected chi connectivity index (χ1v) is 25.0. The van der Waals surface area contributed by atoms with E-state index in [9.17, 15) is 24.2 Å². The van der Waals surface area contributed by atoms with Crippen LogP contribution in [0.3, 0.4) is 0 Å². The number of nitrogens with one attached hydrogen (secondary N) is 1. The number of aliphatic hydroxyl groups excluding tert-OH is 1. The molecule has 1 amide bonds. The van der Waals surface area contributed by atoms with Crippen LogP contribution in [0, 0.1) is 0 Å². The van der Waals surface area contributed by atoms with Crippen molar-refractivity contribution < 1.29 is 37.9 Å². The Balaban J connectivity index is 3.53. The second-order valence-corrected chi connectivity index (χ2v) is 17.6. The minimum Gasteiger partial charge on any atom is -0.463 e. The van der Waals surface area contributed by atoms with Gasteiger partial charge in [0.15, 0.2) is 0 Å². The molecule has 0 radical (unpaired) electrons. The van der Waals surface area contributed by atoms with Crippen molar-refractivity contribution in [3.63, 3.8) is 0 Å². The predicted octanol–water partition coefficient (Wildman–Crippen LogP) is 13.2. The number of hydrogen-bond acceptors (Lipinski definition) is 7. The zero-order valence-corrected chi connectivity index (χ0v) is 37.0. The van der Waals surface area contributed by atoms with Crippen LogP contribution in [0.15, 0.2) is 0 Å². The molecule has 2 unspecified atom stereocenters. The third-order valence-corrected chi connectivity index (χ3v) is 11.5. The molecule has 0 rings (SSSR count). The third kappa shape index (κ3) is 44.0. The van der Waals surface area contributed by atoms with Gasteiger partial charge in [-0.1, -0.05) is 219 Å². The summed E-state index contributed by atoms with van der Waals surface area (Å²) in [4.78, 5) is 34.0. The fourth-order valence-corrected chi connectivity index (χ4v) is 7.73. The van der Waals surface area contributed by atoms with E-state index in [-0.39, 0.29) is 25.7 Å². The predicted molar refractivity (Wildman–Crippen MR) is 229 cm³/mol. The molecule has 328 valence electrons. The zero-order valence-electron chi connectivity index (χ0n) is 36.2. The van der Waals surface area contributed by atoms with Crippen LogP contribution in [0.2, 0.25) is 0 Å². The Morgan fingerprint density at radius 1 is 0.491 bits per heavy atom. The number of amides is 1. The van der Waals surface area contributed by atoms with Crippen LogP contribution in [0.5, 0.6) is 0 Å². The lowest BCUT2D eigenvalue weighted by molar-refractivity contribution is -0.147. The number of rotatable bonds is 45. The van der Waals surface area contributed by atoms with Crippen molar-refractivity contribution in [2.45, 2.75) is 251 Å². The van der Waals surface area contributed by atoms with Crippen molar-refractivity contribution in [1.29, 1.82) is 0 Å². The van der Waals surface area contributed by atoms with Crippen molar-refractivity contribution in [1.82, 2.24) is 5.32 Å². The van der Waals surface area contributed by atoms with Crippen LogP contribution in [0.25, 0.3) is 0 Å². The molecule has 3 N–H and O–H groups in total. The van der Waals surface area contributed by atoms with E-state index in [0.29, 0.717) is 12.8 Å². The highest BCUT2D eigenvalue weighted by atomic mass is 31.2. The molecule has 0 heterocycles. The second-order valence-electron chi connectivity index (χ2n) is 16.1. The molecular weight excluding hydrogens is 713 g/mol. The van der Waals surface area contributed by atoms with E-state index in [0.717, 1.165) is 38.5 Å². The van der Waals surface area contributed by atoms with E-state index >= 15 is 0 Å². The Morgan fingerprint density at radius 2 is 0.818 bits per heavy atom. The first-order valence-electron chi connectivity index (χ1n) is 23.5. The lowest BCUT2D eigenvalue weighted by Gasteiger charge is -2.15. The summed E-state index contributed by atoms with van der Waals surface area (Å²) in [5.74, 6) is -0.501. The fourth-order valence-electron chi connectivity index (χ4n) is 6.97. The standard InChI is InChI=1S/C45H90NO8P/c1-3-5-7-9-11-13-15-17-19-21-23-25-27-29-31-33-35-37-44(48)46-39-40-53-55(50,51)54-42-43(47)41-52-45(49)38-36-34-32-30-28-26-24-22-20-18-16-14-12-10-8-6-4-2/h43,47H,3-42H2,1-2H3,(H,46,48)(H,50,51). The van der Waals surface area contributed by atoms with Crippen LogP contribution >= 0.6 is 7.82 Å². The minimum absolute atomic E-state index is 0.0886. The van der Waals surface area contributed by atoms with Crippen molar-refractivity contribution in [2.75, 3.05) is 26.4 Å². The molecule has 55 heavy (non-hydrogen) atoms. The molecule has 0 aromatic heterocycles. The summed E-state index contributed by atoms with van der Waals surface area (Å²) >= 11 is 0. The van der Waals surface area contributed by atoms with Gasteiger partial charge < -0.3 is 20.1 Å². The van der Waals surface area contributed by atoms with Gasteiger partial charge in [-0.05, 0) is 12.8 Å². The molecule has 0 saturated heterocycles. The van der Waals surface area contributed by atoms with E-state index in [4.69, 9.17) is 13.8 Å². The van der Waals surface area contributed by atoms with Gasteiger partial charge in [-0.3, -0.25) is 18.6 Å². The largest absolute Gasteiger partial charge is 0.472 e. The average Bonchev–Trinajstić information content (AvgIpc) is 3.17. The highest BCUT2D eigenvalue weighted by Gasteiger charge is 2.23.